The van der Waals surface area contributed by atoms with Crippen molar-refractivity contribution in [2.45, 2.75) is 47.2 Å². The van der Waals surface area contributed by atoms with Crippen molar-refractivity contribution in [3.05, 3.63) is 34.3 Å². The molecule has 0 amide bonds. The normalized spacial score (nSPS) is 10.6. The lowest BCUT2D eigenvalue weighted by Gasteiger charge is -2.11. The van der Waals surface area contributed by atoms with E-state index in [9.17, 15) is 4.79 Å². The molecule has 0 spiro atoms. The molecule has 0 saturated heterocycles. The number of halogens is 1. The van der Waals surface area contributed by atoms with E-state index in [4.69, 9.17) is 21.8 Å². The number of aliphatic hydroxyl groups excluding tert-OH is 1. The Kier molecular flexibility index (Phi) is 13.7. The summed E-state index contributed by atoms with van der Waals surface area (Å²) in [5.41, 5.74) is 1.86. The summed E-state index contributed by atoms with van der Waals surface area (Å²) >= 11 is 5.93. The van der Waals surface area contributed by atoms with E-state index >= 15 is 0 Å². The minimum Gasteiger partial charge on any atom is -0.480 e. The second-order valence-electron chi connectivity index (χ2n) is 3.54. The first kappa shape index (κ1) is 21.2. The van der Waals surface area contributed by atoms with Crippen LogP contribution in [0.4, 0.5) is 0 Å². The number of carboxylic acid groups (broad SMARTS) is 1. The Morgan fingerprint density at radius 3 is 2.25 bits per heavy atom. The molecule has 1 aromatic rings. The quantitative estimate of drug-likeness (QED) is 0.781. The number of benzene rings is 1. The van der Waals surface area contributed by atoms with Crippen molar-refractivity contribution in [3.8, 4) is 0 Å². The SMILES string of the molecule is CC.CC.Cc1ccc(CNC(CO)C(=O)O)cc1Cl. The molecule has 1 rings (SSSR count). The van der Waals surface area contributed by atoms with Gasteiger partial charge in [-0.1, -0.05) is 51.4 Å². The van der Waals surface area contributed by atoms with Gasteiger partial charge in [0.15, 0.2) is 0 Å². The predicted molar refractivity (Wildman–Crippen MR) is 84.2 cm³/mol. The summed E-state index contributed by atoms with van der Waals surface area (Å²) in [5.74, 6) is -1.07. The smallest absolute Gasteiger partial charge is 0.323 e. The summed E-state index contributed by atoms with van der Waals surface area (Å²) in [4.78, 5) is 10.6. The Hall–Kier alpha value is -1.10. The van der Waals surface area contributed by atoms with Crippen LogP contribution in [-0.4, -0.2) is 28.8 Å². The first-order chi connectivity index (χ1) is 9.54. The fraction of sp³-hybridized carbons (Fsp3) is 0.533. The highest BCUT2D eigenvalue weighted by atomic mass is 35.5. The lowest BCUT2D eigenvalue weighted by atomic mass is 10.1. The molecular weight excluding hydrogens is 278 g/mol. The number of aliphatic hydroxyl groups is 1. The van der Waals surface area contributed by atoms with Crippen molar-refractivity contribution in [1.29, 1.82) is 0 Å². The van der Waals surface area contributed by atoms with Crippen molar-refractivity contribution < 1.29 is 15.0 Å². The summed E-state index contributed by atoms with van der Waals surface area (Å²) in [7, 11) is 0. The highest BCUT2D eigenvalue weighted by molar-refractivity contribution is 6.31. The van der Waals surface area contributed by atoms with E-state index in [0.29, 0.717) is 11.6 Å². The van der Waals surface area contributed by atoms with Crippen LogP contribution in [0.3, 0.4) is 0 Å². The Balaban J connectivity index is 0. The van der Waals surface area contributed by atoms with Crippen LogP contribution in [0.5, 0.6) is 0 Å². The number of nitrogens with one attached hydrogen (secondary N) is 1. The van der Waals surface area contributed by atoms with Crippen molar-refractivity contribution in [2.75, 3.05) is 6.61 Å². The van der Waals surface area contributed by atoms with Gasteiger partial charge >= 0.3 is 5.97 Å². The van der Waals surface area contributed by atoms with E-state index in [2.05, 4.69) is 5.32 Å². The lowest BCUT2D eigenvalue weighted by Crippen LogP contribution is -2.39. The molecule has 0 heterocycles. The van der Waals surface area contributed by atoms with Crippen LogP contribution in [0, 0.1) is 6.92 Å². The molecule has 0 radical (unpaired) electrons. The van der Waals surface area contributed by atoms with Crippen LogP contribution in [-0.2, 0) is 11.3 Å². The highest BCUT2D eigenvalue weighted by Gasteiger charge is 2.14. The number of hydrogen-bond acceptors (Lipinski definition) is 3. The van der Waals surface area contributed by atoms with Gasteiger partial charge in [-0.25, -0.2) is 0 Å². The molecule has 0 aliphatic carbocycles. The van der Waals surface area contributed by atoms with Gasteiger partial charge in [-0.2, -0.15) is 0 Å². The molecular formula is C15H26ClNO3. The van der Waals surface area contributed by atoms with Crippen LogP contribution < -0.4 is 5.32 Å². The minimum atomic E-state index is -1.07. The zero-order chi connectivity index (χ0) is 16.1. The Bertz CT molecular complexity index is 383. The summed E-state index contributed by atoms with van der Waals surface area (Å²) in [6.45, 7) is 9.82. The van der Waals surface area contributed by atoms with Gasteiger partial charge in [0.1, 0.15) is 6.04 Å². The summed E-state index contributed by atoms with van der Waals surface area (Å²) in [5, 5.41) is 20.9. The summed E-state index contributed by atoms with van der Waals surface area (Å²) in [6, 6.07) is 4.57. The molecule has 1 aromatic carbocycles. The maximum Gasteiger partial charge on any atom is 0.323 e. The standard InChI is InChI=1S/C11H14ClNO3.2C2H6/c1-7-2-3-8(4-9(7)12)5-13-10(6-14)11(15)16;2*1-2/h2-4,10,13-14H,5-6H2,1H3,(H,15,16);2*1-2H3. The molecule has 1 unspecified atom stereocenters. The topological polar surface area (TPSA) is 69.6 Å². The molecule has 116 valence electrons. The van der Waals surface area contributed by atoms with Crippen molar-refractivity contribution in [2.24, 2.45) is 0 Å². The van der Waals surface area contributed by atoms with Gasteiger partial charge < -0.3 is 10.2 Å². The highest BCUT2D eigenvalue weighted by Crippen LogP contribution is 2.16. The fourth-order valence-corrected chi connectivity index (χ4v) is 1.42. The molecule has 0 fully saturated rings. The maximum atomic E-state index is 10.6. The van der Waals surface area contributed by atoms with Crippen LogP contribution in [0.25, 0.3) is 0 Å². The molecule has 0 aliphatic heterocycles. The van der Waals surface area contributed by atoms with E-state index in [-0.39, 0.29) is 0 Å². The molecule has 5 heteroatoms. The van der Waals surface area contributed by atoms with E-state index in [0.717, 1.165) is 11.1 Å². The summed E-state index contributed by atoms with van der Waals surface area (Å²) < 4.78 is 0. The monoisotopic (exact) mass is 303 g/mol. The first-order valence-electron chi connectivity index (χ1n) is 6.86. The third-order valence-corrected chi connectivity index (χ3v) is 2.68. The molecule has 0 aromatic heterocycles. The van der Waals surface area contributed by atoms with E-state index in [1.54, 1.807) is 6.07 Å². The van der Waals surface area contributed by atoms with Gasteiger partial charge in [0.2, 0.25) is 0 Å². The Morgan fingerprint density at radius 2 is 1.85 bits per heavy atom. The molecule has 1 atom stereocenters. The van der Waals surface area contributed by atoms with Crippen LogP contribution in [0.15, 0.2) is 18.2 Å². The number of carboxylic acids is 1. The molecule has 0 saturated carbocycles. The number of rotatable bonds is 5. The molecule has 0 bridgehead atoms. The lowest BCUT2D eigenvalue weighted by molar-refractivity contribution is -0.140. The number of aryl methyl sites for hydroxylation is 1. The molecule has 4 nitrogen and oxygen atoms in total. The van der Waals surface area contributed by atoms with Crippen LogP contribution >= 0.6 is 11.6 Å². The van der Waals surface area contributed by atoms with Crippen molar-refractivity contribution in [3.63, 3.8) is 0 Å². The number of aliphatic carboxylic acids is 1. The average molecular weight is 304 g/mol. The summed E-state index contributed by atoms with van der Waals surface area (Å²) in [6.07, 6.45) is 0. The average Bonchev–Trinajstić information content (AvgIpc) is 2.47. The number of hydrogen-bond donors (Lipinski definition) is 3. The minimum absolute atomic E-state index is 0.359. The van der Waals surface area contributed by atoms with E-state index in [1.165, 1.54) is 0 Å². The van der Waals surface area contributed by atoms with Gasteiger partial charge in [0.25, 0.3) is 0 Å². The fourth-order valence-electron chi connectivity index (χ4n) is 1.22. The molecule has 20 heavy (non-hydrogen) atoms. The Labute approximate surface area is 126 Å². The van der Waals surface area contributed by atoms with Crippen LogP contribution in [0.2, 0.25) is 5.02 Å². The zero-order valence-corrected chi connectivity index (χ0v) is 13.7. The Morgan fingerprint density at radius 1 is 1.30 bits per heavy atom. The second-order valence-corrected chi connectivity index (χ2v) is 3.95. The first-order valence-corrected chi connectivity index (χ1v) is 7.24. The van der Waals surface area contributed by atoms with Crippen molar-refractivity contribution >= 4 is 17.6 Å². The van der Waals surface area contributed by atoms with E-state index in [1.807, 2.05) is 46.8 Å². The zero-order valence-electron chi connectivity index (χ0n) is 12.9. The number of carbonyl (C=O) groups is 1. The van der Waals surface area contributed by atoms with Gasteiger partial charge in [-0.3, -0.25) is 10.1 Å². The van der Waals surface area contributed by atoms with E-state index < -0.39 is 18.6 Å². The second kappa shape index (κ2) is 12.9. The van der Waals surface area contributed by atoms with Gasteiger partial charge in [-0.15, -0.1) is 0 Å². The van der Waals surface area contributed by atoms with Crippen molar-refractivity contribution in [1.82, 2.24) is 5.32 Å². The third-order valence-electron chi connectivity index (χ3n) is 2.27. The molecule has 0 aliphatic rings. The van der Waals surface area contributed by atoms with Gasteiger partial charge in [0, 0.05) is 11.6 Å². The van der Waals surface area contributed by atoms with Gasteiger partial charge in [-0.05, 0) is 24.1 Å². The molecule has 3 N–H and O–H groups in total. The maximum absolute atomic E-state index is 10.6. The third kappa shape index (κ3) is 8.15. The van der Waals surface area contributed by atoms with Crippen LogP contribution in [0.1, 0.15) is 38.8 Å². The largest absolute Gasteiger partial charge is 0.480 e. The van der Waals surface area contributed by atoms with Gasteiger partial charge in [0.05, 0.1) is 6.61 Å². The predicted octanol–water partition coefficient (Wildman–Crippen LogP) is 3.24.